The first-order valence-electron chi connectivity index (χ1n) is 10.6. The van der Waals surface area contributed by atoms with Gasteiger partial charge in [-0.15, -0.1) is 11.8 Å². The Labute approximate surface area is 195 Å². The number of carbonyl (C=O) groups excluding carboxylic acids is 2. The zero-order valence-corrected chi connectivity index (χ0v) is 19.8. The molecule has 8 nitrogen and oxygen atoms in total. The number of nitrogens with one attached hydrogen (secondary N) is 2. The second kappa shape index (κ2) is 11.3. The lowest BCUT2D eigenvalue weighted by Gasteiger charge is -2.26. The summed E-state index contributed by atoms with van der Waals surface area (Å²) < 4.78 is 0.720. The highest BCUT2D eigenvalue weighted by Gasteiger charge is 2.25. The number of urea groups is 1. The van der Waals surface area contributed by atoms with Gasteiger partial charge in [0.2, 0.25) is 0 Å². The van der Waals surface area contributed by atoms with Crippen molar-refractivity contribution in [1.82, 2.24) is 10.3 Å². The molecule has 32 heavy (non-hydrogen) atoms. The normalized spacial score (nSPS) is 13.8. The van der Waals surface area contributed by atoms with Crippen LogP contribution < -0.4 is 15.5 Å². The Hall–Kier alpha value is -2.59. The lowest BCUT2D eigenvalue weighted by atomic mass is 10.1. The van der Waals surface area contributed by atoms with E-state index >= 15 is 0 Å². The first-order valence-corrected chi connectivity index (χ1v) is 12.4. The van der Waals surface area contributed by atoms with Crippen LogP contribution in [0.1, 0.15) is 49.9 Å². The van der Waals surface area contributed by atoms with E-state index in [1.54, 1.807) is 29.3 Å². The fraction of sp³-hybridized carbons (Fsp3) is 0.455. The number of rotatable bonds is 9. The van der Waals surface area contributed by atoms with E-state index in [-0.39, 0.29) is 23.7 Å². The lowest BCUT2D eigenvalue weighted by Crippen LogP contribution is -2.38. The number of hydrogen-bond donors (Lipinski definition) is 3. The van der Waals surface area contributed by atoms with Crippen LogP contribution in [0.2, 0.25) is 0 Å². The Bertz CT molecular complexity index is 957. The lowest BCUT2D eigenvalue weighted by molar-refractivity contribution is -0.133. The number of carboxylic acid groups (broad SMARTS) is 1. The minimum absolute atomic E-state index is 0.0159. The molecule has 0 radical (unpaired) electrons. The van der Waals surface area contributed by atoms with Crippen molar-refractivity contribution in [3.8, 4) is 0 Å². The molecule has 3 N–H and O–H groups in total. The molecule has 2 aromatic rings. The number of amides is 3. The van der Waals surface area contributed by atoms with Gasteiger partial charge < -0.3 is 10.4 Å². The molecular weight excluding hydrogens is 448 g/mol. The number of aromatic nitrogens is 1. The van der Waals surface area contributed by atoms with Crippen molar-refractivity contribution in [3.05, 3.63) is 36.0 Å². The monoisotopic (exact) mass is 476 g/mol. The van der Waals surface area contributed by atoms with Crippen LogP contribution in [0.25, 0.3) is 0 Å². The molecule has 1 aromatic carbocycles. The van der Waals surface area contributed by atoms with Crippen LogP contribution in [0.4, 0.5) is 15.6 Å². The average Bonchev–Trinajstić information content (AvgIpc) is 3.42. The second-order valence-electron chi connectivity index (χ2n) is 8.04. The standard InChI is InChI=1S/C22H28N4O4S2/c1-14(2)24-20(29)16-8-5-9-17(10-16)26(12-15-6-3-4-7-15)22(30)25-21-23-11-19(32-21)31-13-18(27)28/h5,8-11,14-15H,3-4,6-7,12-13H2,1-2H3,(H,24,29)(H,27,28)(H,23,25,30). The highest BCUT2D eigenvalue weighted by Crippen LogP contribution is 2.30. The van der Waals surface area contributed by atoms with Gasteiger partial charge in [-0.25, -0.2) is 9.78 Å². The van der Waals surface area contributed by atoms with Gasteiger partial charge in [-0.3, -0.25) is 19.8 Å². The van der Waals surface area contributed by atoms with Crippen LogP contribution >= 0.6 is 23.1 Å². The third-order valence-corrected chi connectivity index (χ3v) is 7.13. The molecule has 1 saturated carbocycles. The van der Waals surface area contributed by atoms with Gasteiger partial charge >= 0.3 is 12.0 Å². The smallest absolute Gasteiger partial charge is 0.328 e. The molecular formula is C22H28N4O4S2. The Morgan fingerprint density at radius 1 is 1.28 bits per heavy atom. The maximum atomic E-state index is 13.2. The van der Waals surface area contributed by atoms with Gasteiger partial charge in [0, 0.05) is 23.8 Å². The van der Waals surface area contributed by atoms with Gasteiger partial charge in [0.05, 0.1) is 16.2 Å². The molecule has 0 atom stereocenters. The predicted octanol–water partition coefficient (Wildman–Crippen LogP) is 4.69. The van der Waals surface area contributed by atoms with Crippen molar-refractivity contribution in [1.29, 1.82) is 0 Å². The molecule has 1 aromatic heterocycles. The van der Waals surface area contributed by atoms with Crippen LogP contribution in [0.3, 0.4) is 0 Å². The number of thiazole rings is 1. The number of benzene rings is 1. The Morgan fingerprint density at radius 3 is 2.72 bits per heavy atom. The number of hydrogen-bond acceptors (Lipinski definition) is 6. The molecule has 1 aliphatic rings. The zero-order valence-electron chi connectivity index (χ0n) is 18.2. The van der Waals surface area contributed by atoms with Crippen LogP contribution in [0.15, 0.2) is 34.7 Å². The van der Waals surface area contributed by atoms with Crippen LogP contribution in [0, 0.1) is 5.92 Å². The summed E-state index contributed by atoms with van der Waals surface area (Å²) in [5, 5.41) is 15.0. The largest absolute Gasteiger partial charge is 0.481 e. The number of aliphatic carboxylic acids is 1. The molecule has 0 unspecified atom stereocenters. The van der Waals surface area contributed by atoms with Crippen molar-refractivity contribution in [3.63, 3.8) is 0 Å². The molecule has 0 bridgehead atoms. The number of anilines is 2. The summed E-state index contributed by atoms with van der Waals surface area (Å²) in [6, 6.07) is 6.78. The van der Waals surface area contributed by atoms with Gasteiger partial charge in [-0.2, -0.15) is 0 Å². The predicted molar refractivity (Wildman–Crippen MR) is 128 cm³/mol. The minimum Gasteiger partial charge on any atom is -0.481 e. The second-order valence-corrected chi connectivity index (χ2v) is 10.3. The third-order valence-electron chi connectivity index (χ3n) is 5.04. The quantitative estimate of drug-likeness (QED) is 0.453. The summed E-state index contributed by atoms with van der Waals surface area (Å²) in [5.74, 6) is -0.734. The minimum atomic E-state index is -0.905. The highest BCUT2D eigenvalue weighted by atomic mass is 32.2. The van der Waals surface area contributed by atoms with Gasteiger partial charge in [-0.05, 0) is 50.8 Å². The Kier molecular flexibility index (Phi) is 8.52. The van der Waals surface area contributed by atoms with E-state index in [9.17, 15) is 14.4 Å². The van der Waals surface area contributed by atoms with Crippen molar-refractivity contribution in [2.45, 2.75) is 49.8 Å². The molecule has 1 fully saturated rings. The van der Waals surface area contributed by atoms with E-state index < -0.39 is 5.97 Å². The van der Waals surface area contributed by atoms with E-state index in [0.29, 0.717) is 28.8 Å². The molecule has 3 rings (SSSR count). The third kappa shape index (κ3) is 6.96. The Balaban J connectivity index is 1.77. The summed E-state index contributed by atoms with van der Waals surface area (Å²) >= 11 is 2.40. The van der Waals surface area contributed by atoms with Crippen molar-refractivity contribution in [2.24, 2.45) is 5.92 Å². The summed E-state index contributed by atoms with van der Waals surface area (Å²) in [7, 11) is 0. The fourth-order valence-electron chi connectivity index (χ4n) is 3.59. The first kappa shape index (κ1) is 24.1. The van der Waals surface area contributed by atoms with Gasteiger partial charge in [0.1, 0.15) is 0 Å². The number of carboxylic acids is 1. The fourth-order valence-corrected chi connectivity index (χ4v) is 5.17. The van der Waals surface area contributed by atoms with Gasteiger partial charge in [-0.1, -0.05) is 30.2 Å². The molecule has 0 aliphatic heterocycles. The summed E-state index contributed by atoms with van der Waals surface area (Å²) in [6.45, 7) is 4.37. The van der Waals surface area contributed by atoms with Crippen molar-refractivity contribution < 1.29 is 19.5 Å². The molecule has 1 aliphatic carbocycles. The average molecular weight is 477 g/mol. The summed E-state index contributed by atoms with van der Waals surface area (Å²) in [4.78, 5) is 42.3. The maximum Gasteiger partial charge on any atom is 0.328 e. The topological polar surface area (TPSA) is 112 Å². The number of nitrogens with zero attached hydrogens (tertiary/aromatic N) is 2. The van der Waals surface area contributed by atoms with E-state index in [4.69, 9.17) is 5.11 Å². The molecule has 3 amide bonds. The summed E-state index contributed by atoms with van der Waals surface area (Å²) in [5.41, 5.74) is 1.16. The van der Waals surface area contributed by atoms with E-state index in [2.05, 4.69) is 15.6 Å². The number of thioether (sulfide) groups is 1. The molecule has 0 spiro atoms. The molecule has 172 valence electrons. The molecule has 10 heteroatoms. The Morgan fingerprint density at radius 2 is 2.03 bits per heavy atom. The number of carbonyl (C=O) groups is 3. The highest BCUT2D eigenvalue weighted by molar-refractivity contribution is 8.01. The van der Waals surface area contributed by atoms with Crippen LogP contribution in [0.5, 0.6) is 0 Å². The van der Waals surface area contributed by atoms with Crippen LogP contribution in [-0.4, -0.2) is 46.3 Å². The van der Waals surface area contributed by atoms with E-state index in [1.807, 2.05) is 19.9 Å². The summed E-state index contributed by atoms with van der Waals surface area (Å²) in [6.07, 6.45) is 6.03. The van der Waals surface area contributed by atoms with Crippen molar-refractivity contribution >= 4 is 51.8 Å². The zero-order chi connectivity index (χ0) is 23.1. The molecule has 0 saturated heterocycles. The van der Waals surface area contributed by atoms with Crippen molar-refractivity contribution in [2.75, 3.05) is 22.5 Å². The maximum absolute atomic E-state index is 13.2. The van der Waals surface area contributed by atoms with Gasteiger partial charge in [0.15, 0.2) is 5.13 Å². The van der Waals surface area contributed by atoms with E-state index in [1.165, 1.54) is 11.3 Å². The van der Waals surface area contributed by atoms with Crippen LogP contribution in [-0.2, 0) is 4.79 Å². The van der Waals surface area contributed by atoms with Gasteiger partial charge in [0.25, 0.3) is 5.91 Å². The SMILES string of the molecule is CC(C)NC(=O)c1cccc(N(CC2CCCC2)C(=O)Nc2ncc(SCC(=O)O)s2)c1. The molecule has 1 heterocycles. The van der Waals surface area contributed by atoms with E-state index in [0.717, 1.165) is 41.7 Å². The first-order chi connectivity index (χ1) is 15.3.